The lowest BCUT2D eigenvalue weighted by atomic mass is 9.78. The van der Waals surface area contributed by atoms with Crippen LogP contribution in [0.15, 0.2) is 152 Å². The van der Waals surface area contributed by atoms with Crippen LogP contribution >= 0.6 is 0 Å². The zero-order valence-electron chi connectivity index (χ0n) is 43.3. The standard InChI is InChI=1S/C66H70N2/c1-62(2,3)45-25-31-58-54(39-45)55-40-46(63(4,5)6)26-32-59(55)68(58)57-30-24-42-21-27-52-56(29-23-41-22-28-53(57)61(42)60(41)52)67(50-19-17-16-18-20-50)51-36-44(35-49(38-51)66(13,14)15)43-33-47(64(7,8)9)37-48(34-43)65(10,11)12/h16-40H,1-15H3. The van der Waals surface area contributed by atoms with Gasteiger partial charge in [0, 0.05) is 32.9 Å². The largest absolute Gasteiger partial charge is 0.310 e. The highest BCUT2D eigenvalue weighted by molar-refractivity contribution is 6.27. The van der Waals surface area contributed by atoms with E-state index in [9.17, 15) is 0 Å². The molecule has 0 bridgehead atoms. The van der Waals surface area contributed by atoms with Crippen LogP contribution < -0.4 is 4.90 Å². The average molecular weight is 891 g/mol. The lowest BCUT2D eigenvalue weighted by molar-refractivity contribution is 0.569. The fourth-order valence-electron chi connectivity index (χ4n) is 10.4. The van der Waals surface area contributed by atoms with E-state index in [1.165, 1.54) is 104 Å². The van der Waals surface area contributed by atoms with Gasteiger partial charge in [0.25, 0.3) is 0 Å². The minimum atomic E-state index is -0.0872. The molecule has 0 aliphatic rings. The number of aromatic nitrogens is 1. The van der Waals surface area contributed by atoms with Crippen molar-refractivity contribution < 1.29 is 0 Å². The highest BCUT2D eigenvalue weighted by atomic mass is 15.1. The molecule has 10 rings (SSSR count). The molecular weight excluding hydrogens is 821 g/mol. The van der Waals surface area contributed by atoms with Gasteiger partial charge in [-0.05, 0) is 148 Å². The van der Waals surface area contributed by atoms with Gasteiger partial charge in [0.15, 0.2) is 0 Å². The Morgan fingerprint density at radius 2 is 0.765 bits per heavy atom. The predicted octanol–water partition coefficient (Wildman–Crippen LogP) is 19.3. The Morgan fingerprint density at radius 3 is 1.28 bits per heavy atom. The van der Waals surface area contributed by atoms with Crippen molar-refractivity contribution in [2.24, 2.45) is 0 Å². The molecule has 68 heavy (non-hydrogen) atoms. The molecule has 10 aromatic rings. The Kier molecular flexibility index (Phi) is 10.4. The molecule has 1 aromatic heterocycles. The topological polar surface area (TPSA) is 8.17 Å². The number of fused-ring (bicyclic) bond motifs is 3. The molecule has 0 atom stereocenters. The van der Waals surface area contributed by atoms with Crippen LogP contribution in [0.25, 0.3) is 70.9 Å². The summed E-state index contributed by atoms with van der Waals surface area (Å²) >= 11 is 0. The van der Waals surface area contributed by atoms with Crippen LogP contribution in [0.1, 0.15) is 132 Å². The van der Waals surface area contributed by atoms with Gasteiger partial charge in [0.1, 0.15) is 0 Å². The molecule has 0 radical (unpaired) electrons. The van der Waals surface area contributed by atoms with Crippen LogP contribution in [0.4, 0.5) is 17.1 Å². The highest BCUT2D eigenvalue weighted by Crippen LogP contribution is 2.48. The van der Waals surface area contributed by atoms with Crippen molar-refractivity contribution in [2.45, 2.75) is 131 Å². The molecular formula is C66H70N2. The summed E-state index contributed by atoms with van der Waals surface area (Å²) in [6.45, 7) is 34.9. The third-order valence-corrected chi connectivity index (χ3v) is 14.7. The van der Waals surface area contributed by atoms with Crippen molar-refractivity contribution in [3.05, 3.63) is 179 Å². The second-order valence-corrected chi connectivity index (χ2v) is 24.9. The minimum absolute atomic E-state index is 0.00522. The first-order chi connectivity index (χ1) is 31.9. The van der Waals surface area contributed by atoms with Gasteiger partial charge >= 0.3 is 0 Å². The summed E-state index contributed by atoms with van der Waals surface area (Å²) in [5.74, 6) is 0. The number of hydrogen-bond donors (Lipinski definition) is 0. The maximum atomic E-state index is 2.53. The minimum Gasteiger partial charge on any atom is -0.310 e. The average Bonchev–Trinajstić information content (AvgIpc) is 3.60. The van der Waals surface area contributed by atoms with Crippen LogP contribution in [-0.4, -0.2) is 4.57 Å². The third-order valence-electron chi connectivity index (χ3n) is 14.7. The number of para-hydroxylation sites is 1. The smallest absolute Gasteiger partial charge is 0.0541 e. The van der Waals surface area contributed by atoms with Gasteiger partial charge in [-0.1, -0.05) is 195 Å². The van der Waals surface area contributed by atoms with Crippen molar-refractivity contribution in [1.29, 1.82) is 0 Å². The molecule has 0 unspecified atom stereocenters. The Labute approximate surface area is 406 Å². The van der Waals surface area contributed by atoms with E-state index in [2.05, 4.69) is 265 Å². The van der Waals surface area contributed by atoms with Gasteiger partial charge in [0.05, 0.1) is 22.4 Å². The molecule has 0 spiro atoms. The molecule has 2 heteroatoms. The third kappa shape index (κ3) is 7.84. The number of nitrogens with zero attached hydrogens (tertiary/aromatic N) is 2. The number of anilines is 3. The lowest BCUT2D eigenvalue weighted by Crippen LogP contribution is -2.17. The Hall–Kier alpha value is -6.38. The summed E-state index contributed by atoms with van der Waals surface area (Å²) in [7, 11) is 0. The summed E-state index contributed by atoms with van der Waals surface area (Å²) in [4.78, 5) is 2.51. The van der Waals surface area contributed by atoms with E-state index >= 15 is 0 Å². The first kappa shape index (κ1) is 45.4. The maximum Gasteiger partial charge on any atom is 0.0541 e. The molecule has 0 aliphatic heterocycles. The summed E-state index contributed by atoms with van der Waals surface area (Å²) in [6, 6.07) is 58.7. The van der Waals surface area contributed by atoms with Crippen LogP contribution in [0, 0.1) is 0 Å². The molecule has 0 N–H and O–H groups in total. The van der Waals surface area contributed by atoms with E-state index in [4.69, 9.17) is 0 Å². The van der Waals surface area contributed by atoms with Crippen LogP contribution in [0.5, 0.6) is 0 Å². The number of rotatable bonds is 5. The van der Waals surface area contributed by atoms with Crippen molar-refractivity contribution in [2.75, 3.05) is 4.90 Å². The molecule has 9 aromatic carbocycles. The first-order valence-corrected chi connectivity index (χ1v) is 24.8. The molecule has 2 nitrogen and oxygen atoms in total. The monoisotopic (exact) mass is 891 g/mol. The molecule has 344 valence electrons. The molecule has 0 saturated heterocycles. The van der Waals surface area contributed by atoms with Gasteiger partial charge in [-0.3, -0.25) is 0 Å². The first-order valence-electron chi connectivity index (χ1n) is 24.8. The van der Waals surface area contributed by atoms with E-state index in [1.54, 1.807) is 0 Å². The van der Waals surface area contributed by atoms with E-state index < -0.39 is 0 Å². The van der Waals surface area contributed by atoms with Crippen LogP contribution in [0.2, 0.25) is 0 Å². The molecule has 0 amide bonds. The van der Waals surface area contributed by atoms with Crippen molar-refractivity contribution in [3.63, 3.8) is 0 Å². The summed E-state index contributed by atoms with van der Waals surface area (Å²) in [5, 5.41) is 10.2. The SMILES string of the molecule is CC(C)(C)c1cc(-c2cc(C(C)(C)C)cc(C(C)(C)C)c2)cc(N(c2ccccc2)c2ccc3ccc4c(-n5c6ccc(C(C)(C)C)cc6c6cc(C(C)(C)C)ccc65)ccc5ccc2c3c54)c1. The quantitative estimate of drug-likeness (QED) is 0.156. The van der Waals surface area contributed by atoms with Gasteiger partial charge in [-0.2, -0.15) is 0 Å². The van der Waals surface area contributed by atoms with Gasteiger partial charge in [-0.15, -0.1) is 0 Å². The zero-order valence-corrected chi connectivity index (χ0v) is 43.3. The van der Waals surface area contributed by atoms with Gasteiger partial charge in [0.2, 0.25) is 0 Å². The number of hydrogen-bond acceptors (Lipinski definition) is 1. The van der Waals surface area contributed by atoms with Crippen LogP contribution in [-0.2, 0) is 27.1 Å². The normalized spacial score (nSPS) is 13.2. The van der Waals surface area contributed by atoms with Crippen molar-refractivity contribution >= 4 is 71.2 Å². The van der Waals surface area contributed by atoms with Crippen LogP contribution in [0.3, 0.4) is 0 Å². The second kappa shape index (κ2) is 15.6. The van der Waals surface area contributed by atoms with E-state index in [1.807, 2.05) is 0 Å². The maximum absolute atomic E-state index is 2.53. The van der Waals surface area contributed by atoms with E-state index in [-0.39, 0.29) is 27.1 Å². The number of benzene rings is 9. The molecule has 0 aliphatic carbocycles. The fourth-order valence-corrected chi connectivity index (χ4v) is 10.4. The van der Waals surface area contributed by atoms with Crippen molar-refractivity contribution in [1.82, 2.24) is 4.57 Å². The van der Waals surface area contributed by atoms with Crippen molar-refractivity contribution in [3.8, 4) is 16.8 Å². The summed E-state index contributed by atoms with van der Waals surface area (Å²) in [6.07, 6.45) is 0. The van der Waals surface area contributed by atoms with Gasteiger partial charge in [-0.25, -0.2) is 0 Å². The Balaban J connectivity index is 1.24. The zero-order chi connectivity index (χ0) is 48.5. The predicted molar refractivity (Wildman–Crippen MR) is 298 cm³/mol. The Bertz CT molecular complexity index is 3460. The highest BCUT2D eigenvalue weighted by Gasteiger charge is 2.27. The Morgan fingerprint density at radius 1 is 0.324 bits per heavy atom. The second-order valence-electron chi connectivity index (χ2n) is 24.9. The lowest BCUT2D eigenvalue weighted by Gasteiger charge is -2.31. The molecule has 0 saturated carbocycles. The summed E-state index contributed by atoms with van der Waals surface area (Å²) in [5.41, 5.74) is 16.4. The molecule has 0 fully saturated rings. The van der Waals surface area contributed by atoms with E-state index in [0.717, 1.165) is 11.4 Å². The van der Waals surface area contributed by atoms with Gasteiger partial charge < -0.3 is 9.47 Å². The fraction of sp³-hybridized carbons (Fsp3) is 0.303. The summed E-state index contributed by atoms with van der Waals surface area (Å²) < 4.78 is 2.53. The van der Waals surface area contributed by atoms with E-state index in [0.29, 0.717) is 0 Å². The molecule has 1 heterocycles.